The van der Waals surface area contributed by atoms with E-state index in [1.165, 1.54) is 0 Å². The highest BCUT2D eigenvalue weighted by atomic mass is 16.4. The predicted octanol–water partition coefficient (Wildman–Crippen LogP) is 0.0469. The molecule has 2 fully saturated rings. The largest absolute Gasteiger partial charge is 0.480 e. The van der Waals surface area contributed by atoms with E-state index in [1.54, 1.807) is 4.90 Å². The van der Waals surface area contributed by atoms with Gasteiger partial charge in [0, 0.05) is 19.0 Å². The smallest absolute Gasteiger partial charge is 0.325 e. The molecule has 1 saturated heterocycles. The summed E-state index contributed by atoms with van der Waals surface area (Å²) in [5, 5.41) is 8.97. The number of rotatable bonds is 3. The maximum Gasteiger partial charge on any atom is 0.325 e. The van der Waals surface area contributed by atoms with E-state index in [9.17, 15) is 9.59 Å². The van der Waals surface area contributed by atoms with Crippen LogP contribution in [0.1, 0.15) is 26.2 Å². The molecule has 3 N–H and O–H groups in total. The summed E-state index contributed by atoms with van der Waals surface area (Å²) in [6.45, 7) is 2.55. The Bertz CT molecular complexity index is 327. The number of carbonyl (C=O) groups is 2. The van der Waals surface area contributed by atoms with Crippen molar-refractivity contribution < 1.29 is 14.7 Å². The number of amides is 1. The number of carboxylic acids is 1. The second-order valence-corrected chi connectivity index (χ2v) is 5.10. The molecule has 0 spiro atoms. The molecule has 0 bridgehead atoms. The van der Waals surface area contributed by atoms with Crippen LogP contribution in [-0.2, 0) is 9.59 Å². The lowest BCUT2D eigenvalue weighted by Gasteiger charge is -2.22. The number of hydrogen-bond donors (Lipinski definition) is 2. The van der Waals surface area contributed by atoms with E-state index < -0.39 is 11.5 Å². The molecular weight excluding hydrogens is 208 g/mol. The van der Waals surface area contributed by atoms with Crippen molar-refractivity contribution in [3.05, 3.63) is 0 Å². The molecule has 0 radical (unpaired) electrons. The molecule has 90 valence electrons. The third-order valence-corrected chi connectivity index (χ3v) is 3.76. The van der Waals surface area contributed by atoms with Gasteiger partial charge in [0.25, 0.3) is 0 Å². The molecule has 1 heterocycles. The Kier molecular flexibility index (Phi) is 2.66. The highest BCUT2D eigenvalue weighted by Crippen LogP contribution is 2.38. The Balaban J connectivity index is 1.97. The van der Waals surface area contributed by atoms with Gasteiger partial charge in [-0.05, 0) is 25.2 Å². The molecule has 5 heteroatoms. The van der Waals surface area contributed by atoms with Crippen molar-refractivity contribution in [2.45, 2.75) is 31.7 Å². The zero-order valence-electron chi connectivity index (χ0n) is 9.48. The number of carbonyl (C=O) groups excluding carboxylic acids is 1. The summed E-state index contributed by atoms with van der Waals surface area (Å²) in [6.07, 6.45) is 2.59. The quantitative estimate of drug-likeness (QED) is 0.712. The average Bonchev–Trinajstić information content (AvgIpc) is 3.00. The van der Waals surface area contributed by atoms with Gasteiger partial charge in [0.05, 0.1) is 0 Å². The number of nitrogens with two attached hydrogens (primary N) is 1. The highest BCUT2D eigenvalue weighted by Gasteiger charge is 2.45. The fourth-order valence-electron chi connectivity index (χ4n) is 2.28. The van der Waals surface area contributed by atoms with Crippen LogP contribution in [0.3, 0.4) is 0 Å². The fraction of sp³-hybridized carbons (Fsp3) is 0.818. The minimum absolute atomic E-state index is 0.0242. The Labute approximate surface area is 94.6 Å². The summed E-state index contributed by atoms with van der Waals surface area (Å²) in [5.74, 6) is -0.417. The van der Waals surface area contributed by atoms with E-state index in [0.717, 1.165) is 12.8 Å². The van der Waals surface area contributed by atoms with Crippen LogP contribution >= 0.6 is 0 Å². The van der Waals surface area contributed by atoms with Crippen molar-refractivity contribution in [2.75, 3.05) is 13.1 Å². The molecule has 5 nitrogen and oxygen atoms in total. The molecule has 1 aliphatic carbocycles. The number of carboxylic acid groups (broad SMARTS) is 1. The van der Waals surface area contributed by atoms with E-state index in [-0.39, 0.29) is 18.4 Å². The van der Waals surface area contributed by atoms with Crippen LogP contribution in [-0.4, -0.2) is 40.5 Å². The Morgan fingerprint density at radius 2 is 2.12 bits per heavy atom. The first kappa shape index (κ1) is 11.4. The molecule has 0 aromatic heterocycles. The summed E-state index contributed by atoms with van der Waals surface area (Å²) in [5.41, 5.74) is 4.49. The number of aliphatic carboxylic acids is 1. The summed E-state index contributed by atoms with van der Waals surface area (Å²) in [6, 6.07) is 0. The lowest BCUT2D eigenvalue weighted by molar-refractivity contribution is -0.143. The van der Waals surface area contributed by atoms with Crippen LogP contribution in [0, 0.1) is 11.8 Å². The van der Waals surface area contributed by atoms with Crippen LogP contribution in [0.4, 0.5) is 0 Å². The first-order valence-electron chi connectivity index (χ1n) is 5.75. The van der Waals surface area contributed by atoms with Crippen LogP contribution in [0.2, 0.25) is 0 Å². The van der Waals surface area contributed by atoms with Gasteiger partial charge in [-0.25, -0.2) is 0 Å². The standard InChI is InChI=1S/C11H18N2O3/c1-7(8-2-3-8)9(14)13-5-4-11(12,6-13)10(15)16/h7-8H,2-6,12H2,1H3,(H,15,16). The van der Waals surface area contributed by atoms with E-state index in [0.29, 0.717) is 18.9 Å². The minimum Gasteiger partial charge on any atom is -0.480 e. The molecule has 1 saturated carbocycles. The Morgan fingerprint density at radius 1 is 1.50 bits per heavy atom. The SMILES string of the molecule is CC(C(=O)N1CCC(N)(C(=O)O)C1)C1CC1. The van der Waals surface area contributed by atoms with Gasteiger partial charge >= 0.3 is 5.97 Å². The molecule has 2 aliphatic rings. The normalized spacial score (nSPS) is 31.5. The predicted molar refractivity (Wildman–Crippen MR) is 57.6 cm³/mol. The molecule has 1 amide bonds. The number of nitrogens with zero attached hydrogens (tertiary/aromatic N) is 1. The van der Waals surface area contributed by atoms with Gasteiger partial charge in [0.1, 0.15) is 5.54 Å². The Hall–Kier alpha value is -1.10. The third kappa shape index (κ3) is 1.91. The molecular formula is C11H18N2O3. The van der Waals surface area contributed by atoms with Crippen LogP contribution in [0.15, 0.2) is 0 Å². The van der Waals surface area contributed by atoms with Gasteiger partial charge in [0.15, 0.2) is 0 Å². The van der Waals surface area contributed by atoms with Gasteiger partial charge in [-0.15, -0.1) is 0 Å². The van der Waals surface area contributed by atoms with Gasteiger partial charge in [-0.2, -0.15) is 0 Å². The van der Waals surface area contributed by atoms with Crippen LogP contribution in [0.25, 0.3) is 0 Å². The summed E-state index contributed by atoms with van der Waals surface area (Å²) < 4.78 is 0. The second-order valence-electron chi connectivity index (χ2n) is 5.10. The summed E-state index contributed by atoms with van der Waals surface area (Å²) in [7, 11) is 0. The van der Waals surface area contributed by atoms with Gasteiger partial charge in [0.2, 0.25) is 5.91 Å². The van der Waals surface area contributed by atoms with Crippen LogP contribution in [0.5, 0.6) is 0 Å². The Morgan fingerprint density at radius 3 is 2.56 bits per heavy atom. The first-order chi connectivity index (χ1) is 7.44. The molecule has 2 atom stereocenters. The monoisotopic (exact) mass is 226 g/mol. The topological polar surface area (TPSA) is 83.6 Å². The zero-order valence-corrected chi connectivity index (χ0v) is 9.48. The van der Waals surface area contributed by atoms with Crippen molar-refractivity contribution >= 4 is 11.9 Å². The zero-order chi connectivity index (χ0) is 11.9. The minimum atomic E-state index is -1.24. The lowest BCUT2D eigenvalue weighted by Crippen LogP contribution is -2.51. The van der Waals surface area contributed by atoms with E-state index >= 15 is 0 Å². The van der Waals surface area contributed by atoms with Crippen molar-refractivity contribution in [2.24, 2.45) is 17.6 Å². The summed E-state index contributed by atoms with van der Waals surface area (Å²) >= 11 is 0. The molecule has 1 aliphatic heterocycles. The van der Waals surface area contributed by atoms with Gasteiger partial charge in [-0.1, -0.05) is 6.92 Å². The van der Waals surface area contributed by atoms with E-state index in [4.69, 9.17) is 10.8 Å². The molecule has 16 heavy (non-hydrogen) atoms. The maximum absolute atomic E-state index is 12.0. The third-order valence-electron chi connectivity index (χ3n) is 3.76. The van der Waals surface area contributed by atoms with Crippen molar-refractivity contribution in [1.82, 2.24) is 4.90 Å². The average molecular weight is 226 g/mol. The molecule has 2 unspecified atom stereocenters. The first-order valence-corrected chi connectivity index (χ1v) is 5.75. The highest BCUT2D eigenvalue weighted by molar-refractivity contribution is 5.84. The number of hydrogen-bond acceptors (Lipinski definition) is 3. The molecule has 2 rings (SSSR count). The van der Waals surface area contributed by atoms with Crippen molar-refractivity contribution in [1.29, 1.82) is 0 Å². The number of likely N-dealkylation sites (tertiary alicyclic amines) is 1. The maximum atomic E-state index is 12.0. The van der Waals surface area contributed by atoms with Gasteiger partial charge < -0.3 is 15.7 Å². The van der Waals surface area contributed by atoms with Crippen molar-refractivity contribution in [3.63, 3.8) is 0 Å². The summed E-state index contributed by atoms with van der Waals surface area (Å²) in [4.78, 5) is 24.6. The second kappa shape index (κ2) is 3.73. The molecule has 0 aromatic carbocycles. The van der Waals surface area contributed by atoms with E-state index in [2.05, 4.69) is 0 Å². The lowest BCUT2D eigenvalue weighted by atomic mass is 10.0. The van der Waals surface area contributed by atoms with Gasteiger partial charge in [-0.3, -0.25) is 9.59 Å². The van der Waals surface area contributed by atoms with Crippen LogP contribution < -0.4 is 5.73 Å². The van der Waals surface area contributed by atoms with E-state index in [1.807, 2.05) is 6.92 Å². The molecule has 0 aromatic rings. The fourth-order valence-corrected chi connectivity index (χ4v) is 2.28. The van der Waals surface area contributed by atoms with Crippen molar-refractivity contribution in [3.8, 4) is 0 Å².